The van der Waals surface area contributed by atoms with E-state index >= 15 is 0 Å². The van der Waals surface area contributed by atoms with Crippen LogP contribution in [0.1, 0.15) is 34.1 Å². The highest BCUT2D eigenvalue weighted by Gasteiger charge is 2.17. The summed E-state index contributed by atoms with van der Waals surface area (Å²) in [7, 11) is 0. The Morgan fingerprint density at radius 1 is 1.27 bits per heavy atom. The van der Waals surface area contributed by atoms with Crippen LogP contribution in [0, 0.1) is 12.7 Å². The van der Waals surface area contributed by atoms with Gasteiger partial charge in [-0.1, -0.05) is 18.2 Å². The molecule has 3 aromatic rings. The lowest BCUT2D eigenvalue weighted by atomic mass is 10.0. The summed E-state index contributed by atoms with van der Waals surface area (Å²) in [5.41, 5.74) is 3.69. The first kappa shape index (κ1) is 16.8. The number of rotatable bonds is 3. The summed E-state index contributed by atoms with van der Waals surface area (Å²) in [6, 6.07) is 12.6. The third-order valence-electron chi connectivity index (χ3n) is 4.72. The average molecular weight is 353 g/mol. The molecule has 1 amide bonds. The topological polar surface area (TPSA) is 66.2 Å². The van der Waals surface area contributed by atoms with Crippen molar-refractivity contribution in [1.29, 1.82) is 0 Å². The minimum absolute atomic E-state index is 0.213. The maximum absolute atomic E-state index is 14.0. The molecule has 134 valence electrons. The number of H-pyrrole nitrogens is 1. The van der Waals surface area contributed by atoms with E-state index in [0.29, 0.717) is 35.6 Å². The number of halogens is 1. The summed E-state index contributed by atoms with van der Waals surface area (Å²) >= 11 is 0. The molecule has 1 aromatic heterocycles. The van der Waals surface area contributed by atoms with E-state index in [1.54, 1.807) is 12.1 Å². The zero-order valence-electron chi connectivity index (χ0n) is 14.4. The first-order valence-electron chi connectivity index (χ1n) is 8.62. The summed E-state index contributed by atoms with van der Waals surface area (Å²) < 4.78 is 19.3. The van der Waals surface area contributed by atoms with Gasteiger partial charge in [-0.3, -0.25) is 10.1 Å². The van der Waals surface area contributed by atoms with Gasteiger partial charge in [-0.15, -0.1) is 0 Å². The molecule has 0 bridgehead atoms. The zero-order valence-corrected chi connectivity index (χ0v) is 14.4. The highest BCUT2D eigenvalue weighted by Crippen LogP contribution is 2.25. The van der Waals surface area contributed by atoms with Crippen LogP contribution in [0.3, 0.4) is 0 Å². The fraction of sp³-hybridized carbons (Fsp3) is 0.250. The molecule has 2 aromatic carbocycles. The Morgan fingerprint density at radius 3 is 2.92 bits per heavy atom. The van der Waals surface area contributed by atoms with E-state index in [1.807, 2.05) is 31.2 Å². The number of aromatic nitrogens is 1. The smallest absolute Gasteiger partial charge is 0.272 e. The summed E-state index contributed by atoms with van der Waals surface area (Å²) in [5, 5.41) is 6.61. The minimum Gasteiger partial charge on any atom is -0.366 e. The number of hydrogen-bond donors (Lipinski definition) is 3. The monoisotopic (exact) mass is 353 g/mol. The van der Waals surface area contributed by atoms with Crippen molar-refractivity contribution < 1.29 is 13.9 Å². The zero-order chi connectivity index (χ0) is 18.1. The number of benzene rings is 2. The molecular weight excluding hydrogens is 333 g/mol. The number of amides is 1. The van der Waals surface area contributed by atoms with E-state index in [0.717, 1.165) is 17.5 Å². The lowest BCUT2D eigenvalue weighted by molar-refractivity contribution is 0.0612. The normalized spacial score (nSPS) is 17.4. The van der Waals surface area contributed by atoms with Gasteiger partial charge in [0.15, 0.2) is 0 Å². The van der Waals surface area contributed by atoms with Crippen molar-refractivity contribution >= 4 is 22.5 Å². The average Bonchev–Trinajstić information content (AvgIpc) is 3.13. The number of aromatic amines is 1. The van der Waals surface area contributed by atoms with Crippen LogP contribution < -0.4 is 10.6 Å². The number of anilines is 1. The molecule has 1 aliphatic rings. The van der Waals surface area contributed by atoms with E-state index in [-0.39, 0.29) is 17.8 Å². The molecule has 1 aliphatic heterocycles. The Kier molecular flexibility index (Phi) is 4.44. The highest BCUT2D eigenvalue weighted by atomic mass is 19.1. The van der Waals surface area contributed by atoms with Crippen LogP contribution in [0.4, 0.5) is 10.1 Å². The molecule has 2 heterocycles. The van der Waals surface area contributed by atoms with Gasteiger partial charge in [-0.2, -0.15) is 0 Å². The molecule has 4 rings (SSSR count). The van der Waals surface area contributed by atoms with Gasteiger partial charge in [0.2, 0.25) is 0 Å². The van der Waals surface area contributed by atoms with Gasteiger partial charge in [0, 0.05) is 17.1 Å². The predicted molar refractivity (Wildman–Crippen MR) is 98.7 cm³/mol. The van der Waals surface area contributed by atoms with E-state index < -0.39 is 0 Å². The fourth-order valence-electron chi connectivity index (χ4n) is 3.30. The van der Waals surface area contributed by atoms with Crippen LogP contribution >= 0.6 is 0 Å². The van der Waals surface area contributed by atoms with E-state index in [2.05, 4.69) is 15.6 Å². The van der Waals surface area contributed by atoms with Crippen LogP contribution in [0.25, 0.3) is 10.9 Å². The van der Waals surface area contributed by atoms with Crippen molar-refractivity contribution in [3.63, 3.8) is 0 Å². The summed E-state index contributed by atoms with van der Waals surface area (Å²) in [6.45, 7) is 3.12. The molecule has 1 atom stereocenters. The van der Waals surface area contributed by atoms with Crippen LogP contribution in [0.5, 0.6) is 0 Å². The molecule has 1 fully saturated rings. The van der Waals surface area contributed by atoms with Gasteiger partial charge in [0.05, 0.1) is 18.9 Å². The molecule has 0 aliphatic carbocycles. The Morgan fingerprint density at radius 2 is 2.15 bits per heavy atom. The van der Waals surface area contributed by atoms with Gasteiger partial charge in [0.25, 0.3) is 5.91 Å². The molecule has 0 saturated carbocycles. The van der Waals surface area contributed by atoms with E-state index in [9.17, 15) is 9.18 Å². The van der Waals surface area contributed by atoms with Gasteiger partial charge in [-0.25, -0.2) is 4.39 Å². The number of aryl methyl sites for hydroxylation is 1. The van der Waals surface area contributed by atoms with E-state index in [4.69, 9.17) is 4.74 Å². The Labute approximate surface area is 150 Å². The molecule has 3 N–H and O–H groups in total. The number of nitrogens with one attached hydrogen (secondary N) is 3. The number of carbonyl (C=O) groups is 1. The molecule has 0 spiro atoms. The predicted octanol–water partition coefficient (Wildman–Crippen LogP) is 3.88. The molecule has 26 heavy (non-hydrogen) atoms. The van der Waals surface area contributed by atoms with Crippen molar-refractivity contribution in [2.45, 2.75) is 19.4 Å². The first-order valence-corrected chi connectivity index (χ1v) is 8.62. The van der Waals surface area contributed by atoms with Crippen molar-refractivity contribution in [3.8, 4) is 0 Å². The van der Waals surface area contributed by atoms with Crippen LogP contribution in [0.15, 0.2) is 42.5 Å². The number of carbonyl (C=O) groups excluding carboxylic acids is 1. The van der Waals surface area contributed by atoms with Crippen molar-refractivity contribution in [3.05, 3.63) is 65.1 Å². The molecule has 1 saturated heterocycles. The van der Waals surface area contributed by atoms with Crippen molar-refractivity contribution in [2.75, 3.05) is 18.7 Å². The largest absolute Gasteiger partial charge is 0.366 e. The standard InChI is InChI=1S/C20H20FN3O2/c1-12-5-6-16(21)15-10-18(24-19(12)15)20(25)23-14-4-2-3-13(9-14)17-7-8-26-11-22-17/h2-6,9-10,17,22,24H,7-8,11H2,1H3,(H,23,25). The highest BCUT2D eigenvalue weighted by molar-refractivity contribution is 6.06. The fourth-order valence-corrected chi connectivity index (χ4v) is 3.30. The second-order valence-corrected chi connectivity index (χ2v) is 6.51. The number of ether oxygens (including phenoxy) is 1. The third-order valence-corrected chi connectivity index (χ3v) is 4.72. The van der Waals surface area contributed by atoms with Crippen LogP contribution in [-0.2, 0) is 4.74 Å². The lowest BCUT2D eigenvalue weighted by Crippen LogP contribution is -2.30. The SMILES string of the molecule is Cc1ccc(F)c2cc(C(=O)Nc3cccc(C4CCOCN4)c3)[nH]c12. The summed E-state index contributed by atoms with van der Waals surface area (Å²) in [5.74, 6) is -0.634. The number of fused-ring (bicyclic) bond motifs is 1. The van der Waals surface area contributed by atoms with Crippen molar-refractivity contribution in [2.24, 2.45) is 0 Å². The van der Waals surface area contributed by atoms with Gasteiger partial charge in [-0.05, 0) is 48.7 Å². The maximum atomic E-state index is 14.0. The molecule has 6 heteroatoms. The quantitative estimate of drug-likeness (QED) is 0.669. The Balaban J connectivity index is 1.56. The molecule has 5 nitrogen and oxygen atoms in total. The van der Waals surface area contributed by atoms with Crippen LogP contribution in [-0.4, -0.2) is 24.2 Å². The van der Waals surface area contributed by atoms with Gasteiger partial charge >= 0.3 is 0 Å². The Bertz CT molecular complexity index is 922. The second-order valence-electron chi connectivity index (χ2n) is 6.51. The van der Waals surface area contributed by atoms with E-state index in [1.165, 1.54) is 6.07 Å². The van der Waals surface area contributed by atoms with Gasteiger partial charge in [0.1, 0.15) is 11.5 Å². The lowest BCUT2D eigenvalue weighted by Gasteiger charge is -2.24. The first-order chi connectivity index (χ1) is 12.6. The summed E-state index contributed by atoms with van der Waals surface area (Å²) in [6.07, 6.45) is 0.887. The Hall–Kier alpha value is -2.70. The number of hydrogen-bond acceptors (Lipinski definition) is 3. The third kappa shape index (κ3) is 3.21. The van der Waals surface area contributed by atoms with Gasteiger partial charge < -0.3 is 15.0 Å². The minimum atomic E-state index is -0.339. The molecule has 0 radical (unpaired) electrons. The summed E-state index contributed by atoms with van der Waals surface area (Å²) in [4.78, 5) is 15.6. The molecular formula is C20H20FN3O2. The second kappa shape index (κ2) is 6.90. The molecule has 1 unspecified atom stereocenters. The maximum Gasteiger partial charge on any atom is 0.272 e. The van der Waals surface area contributed by atoms with Crippen molar-refractivity contribution in [1.82, 2.24) is 10.3 Å². The van der Waals surface area contributed by atoms with Crippen LogP contribution in [0.2, 0.25) is 0 Å².